The van der Waals surface area contributed by atoms with E-state index < -0.39 is 5.91 Å². The molecule has 4 heterocycles. The molecule has 6 rings (SSSR count). The molecule has 1 saturated heterocycles. The smallest absolute Gasteiger partial charge is 0.274 e. The first-order valence-electron chi connectivity index (χ1n) is 11.9. The van der Waals surface area contributed by atoms with Crippen LogP contribution in [0.4, 0.5) is 11.5 Å². The number of amides is 1. The van der Waals surface area contributed by atoms with Crippen molar-refractivity contribution in [3.63, 3.8) is 0 Å². The van der Waals surface area contributed by atoms with Crippen LogP contribution in [0.25, 0.3) is 32.5 Å². The number of hydroxylamine groups is 1. The molecule has 5 aromatic rings. The van der Waals surface area contributed by atoms with E-state index in [1.165, 1.54) is 0 Å². The largest absolute Gasteiger partial charge is 0.378 e. The van der Waals surface area contributed by atoms with Crippen LogP contribution in [0, 0.1) is 0 Å². The van der Waals surface area contributed by atoms with Gasteiger partial charge in [0.25, 0.3) is 5.91 Å². The van der Waals surface area contributed by atoms with Crippen LogP contribution < -0.4 is 15.3 Å². The molecule has 1 aliphatic heterocycles. The van der Waals surface area contributed by atoms with Crippen LogP contribution in [0.2, 0.25) is 0 Å². The highest BCUT2D eigenvalue weighted by Gasteiger charge is 2.21. The van der Waals surface area contributed by atoms with Crippen molar-refractivity contribution in [3.8, 4) is 11.4 Å². The third kappa shape index (κ3) is 4.48. The van der Waals surface area contributed by atoms with Crippen molar-refractivity contribution in [1.82, 2.24) is 25.6 Å². The summed E-state index contributed by atoms with van der Waals surface area (Å²) < 4.78 is 6.65. The maximum atomic E-state index is 11.6. The highest BCUT2D eigenvalue weighted by molar-refractivity contribution is 7.19. The van der Waals surface area contributed by atoms with Gasteiger partial charge in [-0.3, -0.25) is 15.1 Å². The number of nitrogens with zero attached hydrogens (tertiary/aromatic N) is 5. The normalized spacial score (nSPS) is 13.8. The number of carbonyl (C=O) groups is 1. The van der Waals surface area contributed by atoms with Crippen LogP contribution >= 0.6 is 11.3 Å². The Morgan fingerprint density at radius 2 is 2.00 bits per heavy atom. The van der Waals surface area contributed by atoms with Crippen molar-refractivity contribution >= 4 is 49.9 Å². The molecule has 1 amide bonds. The van der Waals surface area contributed by atoms with Crippen LogP contribution in [0.1, 0.15) is 15.2 Å². The van der Waals surface area contributed by atoms with Gasteiger partial charge in [-0.25, -0.2) is 15.4 Å². The summed E-state index contributed by atoms with van der Waals surface area (Å²) in [4.78, 5) is 27.2. The van der Waals surface area contributed by atoms with Gasteiger partial charge in [0.15, 0.2) is 11.6 Å². The summed E-state index contributed by atoms with van der Waals surface area (Å²) >= 11 is 1.70. The van der Waals surface area contributed by atoms with Crippen LogP contribution in [-0.4, -0.2) is 64.6 Å². The molecule has 0 atom stereocenters. The van der Waals surface area contributed by atoms with E-state index in [-0.39, 0.29) is 0 Å². The van der Waals surface area contributed by atoms with Gasteiger partial charge in [0, 0.05) is 47.2 Å². The fraction of sp³-hybridized carbons (Fsp3) is 0.231. The molecule has 11 heteroatoms. The average molecular weight is 516 g/mol. The Bertz CT molecular complexity index is 1570. The van der Waals surface area contributed by atoms with Crippen molar-refractivity contribution in [1.29, 1.82) is 0 Å². The molecule has 0 aliphatic carbocycles. The number of anilines is 2. The third-order valence-corrected chi connectivity index (χ3v) is 7.61. The highest BCUT2D eigenvalue weighted by Crippen LogP contribution is 2.36. The molecule has 0 radical (unpaired) electrons. The average Bonchev–Trinajstić information content (AvgIpc) is 3.59. The zero-order chi connectivity index (χ0) is 25.4. The van der Waals surface area contributed by atoms with Crippen molar-refractivity contribution in [2.24, 2.45) is 0 Å². The number of fused-ring (bicyclic) bond motifs is 2. The van der Waals surface area contributed by atoms with Gasteiger partial charge in [-0.15, -0.1) is 11.3 Å². The van der Waals surface area contributed by atoms with Gasteiger partial charge < -0.3 is 14.5 Å². The Kier molecular flexibility index (Phi) is 6.16. The minimum Gasteiger partial charge on any atom is -0.378 e. The summed E-state index contributed by atoms with van der Waals surface area (Å²) in [5.74, 6) is 1.08. The summed E-state index contributed by atoms with van der Waals surface area (Å²) in [5, 5.41) is 17.1. The van der Waals surface area contributed by atoms with Gasteiger partial charge >= 0.3 is 0 Å². The van der Waals surface area contributed by atoms with E-state index in [9.17, 15) is 4.79 Å². The first kappa shape index (κ1) is 23.3. The molecule has 1 aliphatic rings. The molecule has 10 nitrogen and oxygen atoms in total. The maximum absolute atomic E-state index is 11.6. The van der Waals surface area contributed by atoms with Gasteiger partial charge in [-0.1, -0.05) is 12.1 Å². The number of rotatable bonds is 6. The van der Waals surface area contributed by atoms with E-state index in [0.717, 1.165) is 56.2 Å². The molecular formula is C26H25N7O3S. The Morgan fingerprint density at radius 3 is 2.78 bits per heavy atom. The number of aromatic amines is 1. The molecule has 0 spiro atoms. The SMILES string of the molecule is CN(Cc1cc2nc(-c3cccc4[nH]ncc34)nc(N3CCOCC3)c2s1)c1ccc(C(=O)NO)cc1. The first-order chi connectivity index (χ1) is 18.1. The second kappa shape index (κ2) is 9.77. The number of hydrogen-bond acceptors (Lipinski definition) is 9. The maximum Gasteiger partial charge on any atom is 0.274 e. The van der Waals surface area contributed by atoms with Crippen LogP contribution in [0.15, 0.2) is 54.7 Å². The van der Waals surface area contributed by atoms with Crippen molar-refractivity contribution in [3.05, 3.63) is 65.2 Å². The number of carbonyl (C=O) groups excluding carboxylic acids is 1. The summed E-state index contributed by atoms with van der Waals surface area (Å²) in [7, 11) is 2.01. The van der Waals surface area contributed by atoms with E-state index in [4.69, 9.17) is 19.9 Å². The lowest BCUT2D eigenvalue weighted by Crippen LogP contribution is -2.36. The Balaban J connectivity index is 1.37. The minimum atomic E-state index is -0.533. The lowest BCUT2D eigenvalue weighted by atomic mass is 10.1. The van der Waals surface area contributed by atoms with Crippen LogP contribution in [-0.2, 0) is 11.3 Å². The molecule has 0 unspecified atom stereocenters. The molecule has 0 bridgehead atoms. The lowest BCUT2D eigenvalue weighted by Gasteiger charge is -2.28. The zero-order valence-corrected chi connectivity index (χ0v) is 21.0. The Morgan fingerprint density at radius 1 is 1.19 bits per heavy atom. The van der Waals surface area contributed by atoms with Gasteiger partial charge in [0.05, 0.1) is 41.7 Å². The predicted molar refractivity (Wildman–Crippen MR) is 143 cm³/mol. The van der Waals surface area contributed by atoms with E-state index in [2.05, 4.69) is 26.1 Å². The number of benzene rings is 2. The highest BCUT2D eigenvalue weighted by atomic mass is 32.1. The second-order valence-electron chi connectivity index (χ2n) is 8.88. The summed E-state index contributed by atoms with van der Waals surface area (Å²) in [6.45, 7) is 3.57. The standard InChI is InChI=1S/C26H25N7O3S/c1-32(17-7-5-16(6-8-17)26(34)31-35)15-18-13-22-23(37-18)25(33-9-11-36-12-10-33)29-24(28-22)19-3-2-4-21-20(19)14-27-30-21/h2-8,13-14,35H,9-12,15H2,1H3,(H,27,30)(H,31,34). The Hall–Kier alpha value is -4.06. The van der Waals surface area contributed by atoms with E-state index in [1.54, 1.807) is 28.9 Å². The number of morpholine rings is 1. The van der Waals surface area contributed by atoms with Gasteiger partial charge in [-0.05, 0) is 36.4 Å². The lowest BCUT2D eigenvalue weighted by molar-refractivity contribution is 0.0706. The van der Waals surface area contributed by atoms with Gasteiger partial charge in [0.1, 0.15) is 0 Å². The zero-order valence-electron chi connectivity index (χ0n) is 20.1. The summed E-state index contributed by atoms with van der Waals surface area (Å²) in [5.41, 5.74) is 5.82. The summed E-state index contributed by atoms with van der Waals surface area (Å²) in [6, 6.07) is 15.2. The minimum absolute atomic E-state index is 0.395. The number of thiophene rings is 1. The van der Waals surface area contributed by atoms with Crippen LogP contribution in [0.5, 0.6) is 0 Å². The molecule has 37 heavy (non-hydrogen) atoms. The van der Waals surface area contributed by atoms with E-state index in [0.29, 0.717) is 31.1 Å². The quantitative estimate of drug-likeness (QED) is 0.231. The molecule has 188 valence electrons. The van der Waals surface area contributed by atoms with E-state index >= 15 is 0 Å². The topological polar surface area (TPSA) is 120 Å². The number of nitrogens with one attached hydrogen (secondary N) is 2. The molecule has 3 aromatic heterocycles. The molecule has 1 fully saturated rings. The first-order valence-corrected chi connectivity index (χ1v) is 12.7. The number of H-pyrrole nitrogens is 1. The number of ether oxygens (including phenoxy) is 1. The van der Waals surface area contributed by atoms with Gasteiger partial charge in [0.2, 0.25) is 0 Å². The van der Waals surface area contributed by atoms with Gasteiger partial charge in [-0.2, -0.15) is 5.10 Å². The molecule has 2 aromatic carbocycles. The van der Waals surface area contributed by atoms with Crippen molar-refractivity contribution in [2.75, 3.05) is 43.2 Å². The fourth-order valence-electron chi connectivity index (χ4n) is 4.57. The number of hydrogen-bond donors (Lipinski definition) is 3. The predicted octanol–water partition coefficient (Wildman–Crippen LogP) is 3.83. The van der Waals surface area contributed by atoms with E-state index in [1.807, 2.05) is 43.6 Å². The fourth-order valence-corrected chi connectivity index (χ4v) is 5.74. The molecule has 0 saturated carbocycles. The van der Waals surface area contributed by atoms with Crippen LogP contribution in [0.3, 0.4) is 0 Å². The summed E-state index contributed by atoms with van der Waals surface area (Å²) in [6.07, 6.45) is 1.82. The molecular weight excluding hydrogens is 490 g/mol. The Labute approximate surface area is 216 Å². The third-order valence-electron chi connectivity index (χ3n) is 6.51. The van der Waals surface area contributed by atoms with Crippen molar-refractivity contribution in [2.45, 2.75) is 6.54 Å². The second-order valence-corrected chi connectivity index (χ2v) is 10.0. The molecule has 3 N–H and O–H groups in total. The number of aromatic nitrogens is 4. The van der Waals surface area contributed by atoms with Crippen molar-refractivity contribution < 1.29 is 14.7 Å². The monoisotopic (exact) mass is 515 g/mol.